The fraction of sp³-hybridized carbons (Fsp3) is 0.429. The van der Waals surface area contributed by atoms with Crippen LogP contribution in [-0.4, -0.2) is 20.8 Å². The molecule has 1 amide bonds. The Hall–Kier alpha value is -2.05. The minimum Gasteiger partial charge on any atom is -0.346 e. The van der Waals surface area contributed by atoms with Crippen molar-refractivity contribution in [1.82, 2.24) is 14.7 Å². The van der Waals surface area contributed by atoms with Gasteiger partial charge in [0, 0.05) is 11.7 Å². The highest BCUT2D eigenvalue weighted by atomic mass is 19.4. The highest BCUT2D eigenvalue weighted by Crippen LogP contribution is 2.29. The lowest BCUT2D eigenvalue weighted by molar-refractivity contribution is -0.137. The van der Waals surface area contributed by atoms with E-state index in [1.54, 1.807) is 27.7 Å². The molecular formula is C14H16F3N3O. The summed E-state index contributed by atoms with van der Waals surface area (Å²) in [6.45, 7) is 6.98. The van der Waals surface area contributed by atoms with E-state index in [-0.39, 0.29) is 5.69 Å². The van der Waals surface area contributed by atoms with Gasteiger partial charge < -0.3 is 5.32 Å². The van der Waals surface area contributed by atoms with Crippen LogP contribution in [0.5, 0.6) is 0 Å². The van der Waals surface area contributed by atoms with Gasteiger partial charge in [0.1, 0.15) is 11.3 Å². The summed E-state index contributed by atoms with van der Waals surface area (Å²) in [5, 5.41) is 2.73. The van der Waals surface area contributed by atoms with Gasteiger partial charge in [-0.2, -0.15) is 13.2 Å². The van der Waals surface area contributed by atoms with E-state index < -0.39 is 23.2 Å². The van der Waals surface area contributed by atoms with Gasteiger partial charge in [0.05, 0.1) is 11.3 Å². The number of nitrogens with one attached hydrogen (secondary N) is 1. The second-order valence-electron chi connectivity index (χ2n) is 5.89. The van der Waals surface area contributed by atoms with Crippen molar-refractivity contribution in [3.8, 4) is 0 Å². The van der Waals surface area contributed by atoms with E-state index in [2.05, 4.69) is 10.3 Å². The first-order valence-electron chi connectivity index (χ1n) is 6.37. The molecule has 0 bridgehead atoms. The van der Waals surface area contributed by atoms with Gasteiger partial charge in [-0.1, -0.05) is 0 Å². The van der Waals surface area contributed by atoms with Gasteiger partial charge in [-0.3, -0.25) is 9.20 Å². The maximum Gasteiger partial charge on any atom is 0.417 e. The molecule has 2 aromatic heterocycles. The standard InChI is InChI=1S/C14H16F3N3O/c1-8-11(12(21)19-13(2,3)4)20-7-9(14(15,16)17)5-6-10(20)18-8/h5-7H,1-4H3,(H,19,21). The number of halogens is 3. The fourth-order valence-electron chi connectivity index (χ4n) is 2.00. The number of pyridine rings is 1. The summed E-state index contributed by atoms with van der Waals surface area (Å²) in [6.07, 6.45) is -3.57. The zero-order valence-corrected chi connectivity index (χ0v) is 12.2. The normalized spacial score (nSPS) is 12.7. The molecule has 0 aromatic carbocycles. The molecule has 0 spiro atoms. The molecule has 0 aliphatic carbocycles. The Labute approximate surface area is 120 Å². The zero-order valence-electron chi connectivity index (χ0n) is 12.2. The summed E-state index contributed by atoms with van der Waals surface area (Å²) in [5.74, 6) is -0.452. The van der Waals surface area contributed by atoms with Crippen molar-refractivity contribution in [2.24, 2.45) is 0 Å². The number of aryl methyl sites for hydroxylation is 1. The van der Waals surface area contributed by atoms with Crippen LogP contribution in [0.2, 0.25) is 0 Å². The average Bonchev–Trinajstić information content (AvgIpc) is 2.59. The van der Waals surface area contributed by atoms with Crippen LogP contribution in [0.3, 0.4) is 0 Å². The molecule has 0 aliphatic heterocycles. The first-order valence-corrected chi connectivity index (χ1v) is 6.37. The Balaban J connectivity index is 2.57. The lowest BCUT2D eigenvalue weighted by Crippen LogP contribution is -2.41. The van der Waals surface area contributed by atoms with Gasteiger partial charge in [0.25, 0.3) is 5.91 Å². The number of hydrogen-bond acceptors (Lipinski definition) is 2. The SMILES string of the molecule is Cc1nc2ccc(C(F)(F)F)cn2c1C(=O)NC(C)(C)C. The maximum atomic E-state index is 12.8. The number of nitrogens with zero attached hydrogens (tertiary/aromatic N) is 2. The molecule has 7 heteroatoms. The molecule has 0 saturated heterocycles. The maximum absolute atomic E-state index is 12.8. The predicted octanol–water partition coefficient (Wildman–Crippen LogP) is 3.19. The summed E-state index contributed by atoms with van der Waals surface area (Å²) >= 11 is 0. The molecule has 4 nitrogen and oxygen atoms in total. The average molecular weight is 299 g/mol. The van der Waals surface area contributed by atoms with Crippen molar-refractivity contribution < 1.29 is 18.0 Å². The largest absolute Gasteiger partial charge is 0.417 e. The highest BCUT2D eigenvalue weighted by Gasteiger charge is 2.32. The van der Waals surface area contributed by atoms with Gasteiger partial charge in [-0.15, -0.1) is 0 Å². The third-order valence-corrected chi connectivity index (χ3v) is 2.82. The zero-order chi connectivity index (χ0) is 16.0. The molecule has 2 aromatic rings. The number of amides is 1. The molecule has 0 aliphatic rings. The first-order chi connectivity index (χ1) is 9.49. The molecular weight excluding hydrogens is 283 g/mol. The molecule has 2 heterocycles. The Bertz CT molecular complexity index is 696. The number of hydrogen-bond donors (Lipinski definition) is 1. The number of carbonyl (C=O) groups excluding carboxylic acids is 1. The van der Waals surface area contributed by atoms with E-state index in [9.17, 15) is 18.0 Å². The summed E-state index contributed by atoms with van der Waals surface area (Å²) < 4.78 is 39.6. The van der Waals surface area contributed by atoms with Crippen molar-refractivity contribution in [3.63, 3.8) is 0 Å². The predicted molar refractivity (Wildman–Crippen MR) is 72.2 cm³/mol. The number of rotatable bonds is 1. The van der Waals surface area contributed by atoms with Gasteiger partial charge in [-0.25, -0.2) is 4.98 Å². The number of alkyl halides is 3. The second kappa shape index (κ2) is 4.75. The van der Waals surface area contributed by atoms with Crippen molar-refractivity contribution in [2.75, 3.05) is 0 Å². The molecule has 0 unspecified atom stereocenters. The molecule has 114 valence electrons. The van der Waals surface area contributed by atoms with E-state index in [1.807, 2.05) is 0 Å². The second-order valence-corrected chi connectivity index (χ2v) is 5.89. The minimum atomic E-state index is -4.47. The van der Waals surface area contributed by atoms with Gasteiger partial charge in [0.15, 0.2) is 0 Å². The van der Waals surface area contributed by atoms with Crippen LogP contribution >= 0.6 is 0 Å². The Morgan fingerprint density at radius 1 is 1.24 bits per heavy atom. The van der Waals surface area contributed by atoms with E-state index in [0.717, 1.165) is 12.3 Å². The molecule has 2 rings (SSSR count). The molecule has 0 radical (unpaired) electrons. The van der Waals surface area contributed by atoms with E-state index >= 15 is 0 Å². The van der Waals surface area contributed by atoms with Crippen LogP contribution in [0.15, 0.2) is 18.3 Å². The molecule has 0 atom stereocenters. The van der Waals surface area contributed by atoms with Crippen LogP contribution in [0.25, 0.3) is 5.65 Å². The van der Waals surface area contributed by atoms with Crippen molar-refractivity contribution in [3.05, 3.63) is 35.3 Å². The molecule has 1 N–H and O–H groups in total. The minimum absolute atomic E-state index is 0.117. The van der Waals surface area contributed by atoms with E-state index in [4.69, 9.17) is 0 Å². The summed E-state index contributed by atoms with van der Waals surface area (Å²) in [4.78, 5) is 16.4. The van der Waals surface area contributed by atoms with Crippen molar-refractivity contribution >= 4 is 11.6 Å². The number of fused-ring (bicyclic) bond motifs is 1. The topological polar surface area (TPSA) is 46.4 Å². The van der Waals surface area contributed by atoms with Crippen LogP contribution in [0, 0.1) is 6.92 Å². The monoisotopic (exact) mass is 299 g/mol. The Kier molecular flexibility index (Phi) is 3.47. The number of aromatic nitrogens is 2. The molecule has 0 fully saturated rings. The van der Waals surface area contributed by atoms with E-state index in [1.165, 1.54) is 10.5 Å². The quantitative estimate of drug-likeness (QED) is 0.879. The third-order valence-electron chi connectivity index (χ3n) is 2.82. The van der Waals surface area contributed by atoms with Crippen molar-refractivity contribution in [1.29, 1.82) is 0 Å². The van der Waals surface area contributed by atoms with Crippen LogP contribution in [0.4, 0.5) is 13.2 Å². The van der Waals surface area contributed by atoms with Crippen LogP contribution < -0.4 is 5.32 Å². The molecule has 21 heavy (non-hydrogen) atoms. The summed E-state index contributed by atoms with van der Waals surface area (Å²) in [6, 6.07) is 2.21. The third kappa shape index (κ3) is 3.17. The van der Waals surface area contributed by atoms with Gasteiger partial charge in [0.2, 0.25) is 0 Å². The Morgan fingerprint density at radius 2 is 1.86 bits per heavy atom. The number of carbonyl (C=O) groups is 1. The lowest BCUT2D eigenvalue weighted by atomic mass is 10.1. The van der Waals surface area contributed by atoms with Gasteiger partial charge >= 0.3 is 6.18 Å². The van der Waals surface area contributed by atoms with Gasteiger partial charge in [-0.05, 0) is 39.8 Å². The smallest absolute Gasteiger partial charge is 0.346 e. The lowest BCUT2D eigenvalue weighted by Gasteiger charge is -2.20. The van der Waals surface area contributed by atoms with Crippen LogP contribution in [0.1, 0.15) is 42.5 Å². The first kappa shape index (κ1) is 15.3. The van der Waals surface area contributed by atoms with E-state index in [0.29, 0.717) is 11.3 Å². The summed E-state index contributed by atoms with van der Waals surface area (Å²) in [7, 11) is 0. The Morgan fingerprint density at radius 3 is 2.38 bits per heavy atom. The van der Waals surface area contributed by atoms with Crippen molar-refractivity contribution in [2.45, 2.75) is 39.4 Å². The molecule has 0 saturated carbocycles. The summed E-state index contributed by atoms with van der Waals surface area (Å²) in [5.41, 5.74) is -0.506. The number of imidazole rings is 1. The fourth-order valence-corrected chi connectivity index (χ4v) is 2.00. The van der Waals surface area contributed by atoms with Crippen LogP contribution in [-0.2, 0) is 6.18 Å². The highest BCUT2D eigenvalue weighted by molar-refractivity contribution is 5.95.